The average Bonchev–Trinajstić information content (AvgIpc) is 2.28. The fraction of sp³-hybridized carbons (Fsp3) is 0.769. The van der Waals surface area contributed by atoms with Gasteiger partial charge in [-0.2, -0.15) is 52.7 Å². The highest BCUT2D eigenvalue weighted by Crippen LogP contribution is 2.41. The van der Waals surface area contributed by atoms with Gasteiger partial charge in [-0.25, -0.2) is 0 Å². The van der Waals surface area contributed by atoms with Crippen LogP contribution in [0.25, 0.3) is 0 Å². The predicted octanol–water partition coefficient (Wildman–Crippen LogP) is 6.48. The summed E-state index contributed by atoms with van der Waals surface area (Å²) >= 11 is 0. The number of hydrogen-bond donors (Lipinski definition) is 1. The fourth-order valence-electron chi connectivity index (χ4n) is 2.72. The summed E-state index contributed by atoms with van der Waals surface area (Å²) < 4.78 is 152. The quantitative estimate of drug-likeness (QED) is 0.193. The van der Waals surface area contributed by atoms with Gasteiger partial charge < -0.3 is 9.90 Å². The zero-order chi connectivity index (χ0) is 23.7. The highest BCUT2D eigenvalue weighted by molar-refractivity contribution is 7.07. The number of carbonyl (C=O) groups is 1. The molecule has 29 heavy (non-hydrogen) atoms. The molecule has 0 aliphatic rings. The Bertz CT molecular complexity index is 583. The number of halogens is 12. The van der Waals surface area contributed by atoms with Crippen molar-refractivity contribution < 1.29 is 62.6 Å². The summed E-state index contributed by atoms with van der Waals surface area (Å²) in [6.45, 7) is 0.742. The second-order valence-corrected chi connectivity index (χ2v) is 15.8. The van der Waals surface area contributed by atoms with Crippen molar-refractivity contribution in [3.8, 4) is 0 Å². The predicted molar refractivity (Wildman–Crippen MR) is 82.4 cm³/mol. The fourth-order valence-corrected chi connectivity index (χ4v) is 8.33. The number of aliphatic hydroxyl groups is 1. The Morgan fingerprint density at radius 2 is 0.897 bits per heavy atom. The minimum absolute atomic E-state index is 0.298. The summed E-state index contributed by atoms with van der Waals surface area (Å²) in [6.07, 6.45) is -21.2. The second kappa shape index (κ2) is 8.51. The largest absolute Gasteiger partial charge is 0.517 e. The van der Waals surface area contributed by atoms with E-state index in [1.54, 1.807) is 0 Å². The highest BCUT2D eigenvalue weighted by Gasteiger charge is 2.54. The van der Waals surface area contributed by atoms with E-state index in [4.69, 9.17) is 0 Å². The molecule has 0 rings (SSSR count). The lowest BCUT2D eigenvalue weighted by molar-refractivity contribution is -0.124. The van der Waals surface area contributed by atoms with Crippen molar-refractivity contribution in [3.05, 3.63) is 11.5 Å². The molecule has 0 atom stereocenters. The van der Waals surface area contributed by atoms with E-state index in [9.17, 15) is 62.6 Å². The maximum absolute atomic E-state index is 12.7. The van der Waals surface area contributed by atoms with E-state index in [0.717, 1.165) is 0 Å². The number of alkyl halides is 12. The summed E-state index contributed by atoms with van der Waals surface area (Å²) in [5.74, 6) is 0. The molecule has 0 heterocycles. The van der Waals surface area contributed by atoms with Gasteiger partial charge in [0.05, 0.1) is 5.38 Å². The van der Waals surface area contributed by atoms with Gasteiger partial charge in [-0.1, -0.05) is 13.1 Å². The topological polar surface area (TPSA) is 37.3 Å². The Hall–Kier alpha value is -1.20. The minimum atomic E-state index is -5.25. The van der Waals surface area contributed by atoms with Crippen LogP contribution >= 0.6 is 0 Å². The van der Waals surface area contributed by atoms with Crippen molar-refractivity contribution in [1.82, 2.24) is 0 Å². The van der Waals surface area contributed by atoms with E-state index in [1.807, 2.05) is 0 Å². The van der Waals surface area contributed by atoms with E-state index >= 15 is 0 Å². The molecule has 0 bridgehead atoms. The first-order valence-electron chi connectivity index (χ1n) is 7.60. The van der Waals surface area contributed by atoms with Crippen LogP contribution in [0.1, 0.15) is 0 Å². The van der Waals surface area contributed by atoms with E-state index in [-0.39, 0.29) is 6.08 Å². The molecule has 0 saturated carbocycles. The zero-order valence-electron chi connectivity index (χ0n) is 14.8. The third kappa shape index (κ3) is 11.0. The summed E-state index contributed by atoms with van der Waals surface area (Å²) in [6, 6.07) is -8.77. The number of allylic oxidation sites excluding steroid dienone is 1. The van der Waals surface area contributed by atoms with Crippen LogP contribution in [0.2, 0.25) is 37.3 Å². The van der Waals surface area contributed by atoms with E-state index in [2.05, 4.69) is 0 Å². The third-order valence-electron chi connectivity index (χ3n) is 3.84. The molecule has 0 aliphatic heterocycles. The number of aliphatic hydroxyl groups excluding tert-OH is 1. The molecule has 2 nitrogen and oxygen atoms in total. The number of rotatable bonds is 7. The Labute approximate surface area is 158 Å². The number of hydrogen-bond acceptors (Lipinski definition) is 2. The van der Waals surface area contributed by atoms with E-state index < -0.39 is 75.8 Å². The first kappa shape index (κ1) is 27.8. The van der Waals surface area contributed by atoms with Gasteiger partial charge in [-0.3, -0.25) is 0 Å². The molecule has 0 fully saturated rings. The van der Waals surface area contributed by atoms with Crippen molar-refractivity contribution in [3.63, 3.8) is 0 Å². The van der Waals surface area contributed by atoms with E-state index in [1.165, 1.54) is 0 Å². The molecular formula is C13H16F12O2Si2. The molecule has 1 N–H and O–H groups in total. The van der Waals surface area contributed by atoms with Gasteiger partial charge in [-0.05, 0) is 0 Å². The monoisotopic (exact) mass is 488 g/mol. The molecule has 0 aromatic rings. The lowest BCUT2D eigenvalue weighted by Crippen LogP contribution is -2.48. The van der Waals surface area contributed by atoms with Crippen LogP contribution in [0.15, 0.2) is 11.5 Å². The molecule has 0 aliphatic carbocycles. The SMILES string of the molecule is C[Si](CC(F)(F)F)(CC(F)(F)F)C(=O)/C=C(\O)[Si](C)(CC(F)(F)F)CC(F)(F)F. The van der Waals surface area contributed by atoms with Crippen molar-refractivity contribution in [2.75, 3.05) is 0 Å². The Kier molecular flexibility index (Phi) is 8.16. The maximum Gasteiger partial charge on any atom is 0.387 e. The molecule has 0 saturated heterocycles. The molecular weight excluding hydrogens is 472 g/mol. The second-order valence-electron chi connectivity index (χ2n) is 7.18. The lowest BCUT2D eigenvalue weighted by Gasteiger charge is -2.30. The van der Waals surface area contributed by atoms with Crippen LogP contribution in [0.5, 0.6) is 0 Å². The Balaban J connectivity index is 6.18. The average molecular weight is 488 g/mol. The third-order valence-corrected chi connectivity index (χ3v) is 11.3. The first-order valence-corrected chi connectivity index (χ1v) is 13.4. The Morgan fingerprint density at radius 3 is 1.14 bits per heavy atom. The Morgan fingerprint density at radius 1 is 0.655 bits per heavy atom. The van der Waals surface area contributed by atoms with Crippen LogP contribution in [-0.2, 0) is 4.79 Å². The first-order chi connectivity index (χ1) is 12.4. The maximum atomic E-state index is 12.7. The summed E-state index contributed by atoms with van der Waals surface area (Å²) in [4.78, 5) is 12.1. The van der Waals surface area contributed by atoms with Crippen molar-refractivity contribution in [2.45, 2.75) is 62.0 Å². The van der Waals surface area contributed by atoms with Crippen LogP contribution < -0.4 is 0 Å². The number of carbonyl (C=O) groups excluding carboxylic acids is 1. The molecule has 0 aromatic heterocycles. The van der Waals surface area contributed by atoms with Gasteiger partial charge in [0.2, 0.25) is 0 Å². The molecule has 0 radical (unpaired) electrons. The molecule has 172 valence electrons. The van der Waals surface area contributed by atoms with Crippen molar-refractivity contribution >= 4 is 21.6 Å². The minimum Gasteiger partial charge on any atom is -0.517 e. The lowest BCUT2D eigenvalue weighted by atomic mass is 10.7. The molecule has 0 unspecified atom stereocenters. The zero-order valence-corrected chi connectivity index (χ0v) is 16.8. The molecule has 0 aromatic carbocycles. The van der Waals surface area contributed by atoms with Gasteiger partial charge in [0.1, 0.15) is 13.5 Å². The smallest absolute Gasteiger partial charge is 0.387 e. The van der Waals surface area contributed by atoms with Gasteiger partial charge in [0.25, 0.3) is 0 Å². The molecule has 0 amide bonds. The van der Waals surface area contributed by atoms with Gasteiger partial charge in [0, 0.05) is 30.3 Å². The van der Waals surface area contributed by atoms with Gasteiger partial charge in [0.15, 0.2) is 8.07 Å². The van der Waals surface area contributed by atoms with Crippen LogP contribution in [-0.4, -0.2) is 51.4 Å². The van der Waals surface area contributed by atoms with Crippen molar-refractivity contribution in [1.29, 1.82) is 0 Å². The summed E-state index contributed by atoms with van der Waals surface area (Å²) in [7, 11) is -10.0. The standard InChI is InChI=1S/C13H16F12O2Si2/c1-28(4-10(14,15)16,5-11(17,18)19)8(26)3-9(27)29(2,6-12(20,21)22)7-13(23,24)25/h3,26H,4-7H2,1-2H3/b8-3+. The summed E-state index contributed by atoms with van der Waals surface area (Å²) in [5, 5.41) is 6.10. The van der Waals surface area contributed by atoms with E-state index in [0.29, 0.717) is 13.1 Å². The molecule has 16 heteroatoms. The van der Waals surface area contributed by atoms with Gasteiger partial charge >= 0.3 is 24.7 Å². The normalized spacial score (nSPS) is 15.6. The highest BCUT2D eigenvalue weighted by atomic mass is 28.3. The summed E-state index contributed by atoms with van der Waals surface area (Å²) in [5.41, 5.74) is 0. The van der Waals surface area contributed by atoms with Crippen LogP contribution in [0, 0.1) is 0 Å². The van der Waals surface area contributed by atoms with Gasteiger partial charge in [-0.15, -0.1) is 0 Å². The van der Waals surface area contributed by atoms with Crippen LogP contribution in [0.4, 0.5) is 52.7 Å². The molecule has 0 spiro atoms. The van der Waals surface area contributed by atoms with Crippen LogP contribution in [0.3, 0.4) is 0 Å². The van der Waals surface area contributed by atoms with Crippen molar-refractivity contribution in [2.24, 2.45) is 0 Å².